The third-order valence-electron chi connectivity index (χ3n) is 7.97. The van der Waals surface area contributed by atoms with Crippen LogP contribution < -0.4 is 10.9 Å². The lowest BCUT2D eigenvalue weighted by Crippen LogP contribution is -2.66. The van der Waals surface area contributed by atoms with Crippen molar-refractivity contribution in [3.63, 3.8) is 0 Å². The highest BCUT2D eigenvalue weighted by molar-refractivity contribution is 6.30. The van der Waals surface area contributed by atoms with Gasteiger partial charge in [0.25, 0.3) is 5.56 Å². The van der Waals surface area contributed by atoms with E-state index in [2.05, 4.69) is 16.3 Å². The molecule has 3 aliphatic rings. The molecule has 1 N–H and O–H groups in total. The number of nitrogens with one attached hydrogen (secondary N) is 1. The van der Waals surface area contributed by atoms with Gasteiger partial charge in [-0.15, -0.1) is 0 Å². The Morgan fingerprint density at radius 1 is 1.19 bits per heavy atom. The second-order valence-corrected chi connectivity index (χ2v) is 12.0. The molecule has 3 aromatic rings. The minimum absolute atomic E-state index is 0.0201. The highest BCUT2D eigenvalue weighted by atomic mass is 35.5. The van der Waals surface area contributed by atoms with Gasteiger partial charge >= 0.3 is 0 Å². The van der Waals surface area contributed by atoms with E-state index in [1.54, 1.807) is 12.1 Å². The summed E-state index contributed by atoms with van der Waals surface area (Å²) in [7, 11) is 0. The lowest BCUT2D eigenvalue weighted by molar-refractivity contribution is -0.192. The average molecular weight is 521 g/mol. The van der Waals surface area contributed by atoms with E-state index in [1.807, 2.05) is 38.1 Å². The zero-order chi connectivity index (χ0) is 25.7. The Labute approximate surface area is 221 Å². The molecule has 37 heavy (non-hydrogen) atoms. The number of aromatic nitrogens is 2. The summed E-state index contributed by atoms with van der Waals surface area (Å²) in [5.41, 5.74) is 2.78. The summed E-state index contributed by atoms with van der Waals surface area (Å²) in [5, 5.41) is 3.99. The van der Waals surface area contributed by atoms with Crippen LogP contribution in [-0.2, 0) is 16.1 Å². The first-order valence-electron chi connectivity index (χ1n) is 13.2. The molecule has 1 aromatic heterocycles. The Morgan fingerprint density at radius 3 is 2.65 bits per heavy atom. The van der Waals surface area contributed by atoms with Crippen LogP contribution in [0.3, 0.4) is 0 Å². The number of fused-ring (bicyclic) bond motifs is 1. The van der Waals surface area contributed by atoms with Crippen molar-refractivity contribution in [3.05, 3.63) is 63.4 Å². The molecule has 0 radical (unpaired) electrons. The van der Waals surface area contributed by atoms with Crippen LogP contribution in [0.5, 0.6) is 0 Å². The van der Waals surface area contributed by atoms with Crippen molar-refractivity contribution >= 4 is 28.4 Å². The largest absolute Gasteiger partial charge is 0.380 e. The molecule has 3 fully saturated rings. The van der Waals surface area contributed by atoms with Crippen LogP contribution in [0.1, 0.15) is 38.2 Å². The van der Waals surface area contributed by atoms with Crippen molar-refractivity contribution in [3.8, 4) is 11.4 Å². The summed E-state index contributed by atoms with van der Waals surface area (Å²) in [4.78, 5) is 33.8. The lowest BCUT2D eigenvalue weighted by Gasteiger charge is -2.56. The van der Waals surface area contributed by atoms with Crippen LogP contribution >= 0.6 is 11.6 Å². The number of benzene rings is 2. The number of amides is 1. The first-order chi connectivity index (χ1) is 17.8. The number of hydrogen-bond acceptors (Lipinski definition) is 5. The highest BCUT2D eigenvalue weighted by Gasteiger charge is 2.49. The lowest BCUT2D eigenvalue weighted by atomic mass is 9.69. The maximum atomic E-state index is 13.8. The number of hydrogen-bond donors (Lipinski definition) is 1. The van der Waals surface area contributed by atoms with Gasteiger partial charge in [0.05, 0.1) is 24.1 Å². The van der Waals surface area contributed by atoms with E-state index in [-0.39, 0.29) is 24.1 Å². The minimum Gasteiger partial charge on any atom is -0.380 e. The Kier molecular flexibility index (Phi) is 6.33. The summed E-state index contributed by atoms with van der Waals surface area (Å²) in [6.45, 7) is 9.07. The van der Waals surface area contributed by atoms with E-state index >= 15 is 0 Å². The highest BCUT2D eigenvalue weighted by Crippen LogP contribution is 2.45. The predicted molar refractivity (Wildman–Crippen MR) is 145 cm³/mol. The summed E-state index contributed by atoms with van der Waals surface area (Å²) in [6.07, 6.45) is 2.29. The van der Waals surface area contributed by atoms with Gasteiger partial charge in [0.2, 0.25) is 5.91 Å². The molecule has 0 atom stereocenters. The quantitative estimate of drug-likeness (QED) is 0.508. The van der Waals surface area contributed by atoms with Gasteiger partial charge in [0.1, 0.15) is 12.4 Å². The van der Waals surface area contributed by atoms with Gasteiger partial charge in [-0.1, -0.05) is 29.8 Å². The Bertz CT molecular complexity index is 1400. The molecule has 3 heterocycles. The smallest absolute Gasteiger partial charge is 0.262 e. The van der Waals surface area contributed by atoms with Crippen molar-refractivity contribution in [2.45, 2.75) is 45.2 Å². The second kappa shape index (κ2) is 9.53. The van der Waals surface area contributed by atoms with E-state index in [4.69, 9.17) is 21.3 Å². The third kappa shape index (κ3) is 4.80. The molecule has 1 spiro atoms. The maximum Gasteiger partial charge on any atom is 0.262 e. The average Bonchev–Trinajstić information content (AvgIpc) is 2.77. The fraction of sp³-hybridized carbons (Fsp3) is 0.483. The first-order valence-corrected chi connectivity index (χ1v) is 13.6. The fourth-order valence-electron chi connectivity index (χ4n) is 6.13. The predicted octanol–water partition coefficient (Wildman–Crippen LogP) is 4.07. The number of nitrogens with zero attached hydrogens (tertiary/aromatic N) is 3. The zero-order valence-corrected chi connectivity index (χ0v) is 22.1. The van der Waals surface area contributed by atoms with Gasteiger partial charge in [-0.05, 0) is 68.4 Å². The molecular formula is C29H33ClN4O3. The van der Waals surface area contributed by atoms with E-state index in [1.165, 1.54) is 23.2 Å². The number of likely N-dealkylation sites (tertiary alicyclic amines) is 1. The topological polar surface area (TPSA) is 76.5 Å². The number of ether oxygens (including phenoxy) is 1. The van der Waals surface area contributed by atoms with Crippen molar-refractivity contribution < 1.29 is 9.53 Å². The molecule has 2 aromatic carbocycles. The summed E-state index contributed by atoms with van der Waals surface area (Å²) in [5.74, 6) is 1.39. The third-order valence-corrected chi connectivity index (χ3v) is 8.21. The van der Waals surface area contributed by atoms with E-state index < -0.39 is 0 Å². The van der Waals surface area contributed by atoms with Gasteiger partial charge in [-0.2, -0.15) is 0 Å². The molecule has 6 rings (SSSR count). The number of carbonyl (C=O) groups is 1. The van der Waals surface area contributed by atoms with Gasteiger partial charge < -0.3 is 15.0 Å². The molecule has 0 bridgehead atoms. The minimum atomic E-state index is -0.222. The van der Waals surface area contributed by atoms with Gasteiger partial charge in [-0.25, -0.2) is 4.98 Å². The maximum absolute atomic E-state index is 13.8. The van der Waals surface area contributed by atoms with Crippen molar-refractivity contribution in [2.75, 3.05) is 32.8 Å². The molecule has 2 saturated heterocycles. The van der Waals surface area contributed by atoms with Crippen molar-refractivity contribution in [1.29, 1.82) is 0 Å². The molecule has 1 amide bonds. The van der Waals surface area contributed by atoms with Gasteiger partial charge in [0, 0.05) is 41.7 Å². The molecular weight excluding hydrogens is 488 g/mol. The standard InChI is InChI=1S/C29H33ClN4O3/c1-18(2)31-26(35)13-34-27(21-4-3-5-23(30)10-21)32-25-7-6-20(11-24(25)28(34)36)22-8-19(9-22)12-33-14-29(15-33)16-37-17-29/h3-7,10-11,18-19,22H,8-9,12-17H2,1-2H3,(H,31,35)/t19-,22-. The summed E-state index contributed by atoms with van der Waals surface area (Å²) >= 11 is 6.24. The van der Waals surface area contributed by atoms with Crippen LogP contribution in [0.25, 0.3) is 22.3 Å². The molecule has 0 unspecified atom stereocenters. The van der Waals surface area contributed by atoms with Crippen molar-refractivity contribution in [2.24, 2.45) is 11.3 Å². The number of rotatable bonds is 7. The summed E-state index contributed by atoms with van der Waals surface area (Å²) in [6, 6.07) is 13.3. The molecule has 194 valence electrons. The molecule has 1 aliphatic carbocycles. The van der Waals surface area contributed by atoms with Gasteiger partial charge in [0.15, 0.2) is 0 Å². The number of carbonyl (C=O) groups excluding carboxylic acids is 1. The van der Waals surface area contributed by atoms with Crippen LogP contribution in [0.2, 0.25) is 5.02 Å². The monoisotopic (exact) mass is 520 g/mol. The summed E-state index contributed by atoms with van der Waals surface area (Å²) < 4.78 is 6.87. The van der Waals surface area contributed by atoms with Crippen LogP contribution in [0, 0.1) is 11.3 Å². The van der Waals surface area contributed by atoms with Crippen LogP contribution in [-0.4, -0.2) is 59.2 Å². The van der Waals surface area contributed by atoms with Crippen LogP contribution in [0.4, 0.5) is 0 Å². The molecule has 1 saturated carbocycles. The Hall–Kier alpha value is -2.74. The second-order valence-electron chi connectivity index (χ2n) is 11.5. The fourth-order valence-corrected chi connectivity index (χ4v) is 6.32. The molecule has 8 heteroatoms. The zero-order valence-electron chi connectivity index (χ0n) is 21.4. The normalized spacial score (nSPS) is 22.5. The Morgan fingerprint density at radius 2 is 1.97 bits per heavy atom. The molecule has 7 nitrogen and oxygen atoms in total. The van der Waals surface area contributed by atoms with E-state index in [0.717, 1.165) is 32.6 Å². The van der Waals surface area contributed by atoms with E-state index in [9.17, 15) is 9.59 Å². The Balaban J connectivity index is 1.25. The van der Waals surface area contributed by atoms with E-state index in [0.29, 0.717) is 44.6 Å². The number of halogens is 1. The van der Waals surface area contributed by atoms with Crippen molar-refractivity contribution in [1.82, 2.24) is 19.8 Å². The van der Waals surface area contributed by atoms with Gasteiger partial charge in [-0.3, -0.25) is 14.2 Å². The first kappa shape index (κ1) is 24.6. The molecule has 2 aliphatic heterocycles. The van der Waals surface area contributed by atoms with Crippen LogP contribution in [0.15, 0.2) is 47.3 Å². The SMILES string of the molecule is CC(C)NC(=O)Cn1c(-c2cccc(Cl)c2)nc2ccc([C@H]3C[C@H](CN4CC5(COC5)C4)C3)cc2c1=O.